The van der Waals surface area contributed by atoms with Crippen molar-refractivity contribution in [3.8, 4) is 0 Å². The number of piperidine rings is 2. The first-order chi connectivity index (χ1) is 13.1. The third kappa shape index (κ3) is 4.48. The van der Waals surface area contributed by atoms with E-state index in [9.17, 15) is 0 Å². The molecule has 1 saturated carbocycles. The Balaban J connectivity index is 1.35. The maximum atomic E-state index is 5.64. The van der Waals surface area contributed by atoms with Crippen LogP contribution in [-0.4, -0.2) is 34.2 Å². The molecule has 0 radical (unpaired) electrons. The van der Waals surface area contributed by atoms with Gasteiger partial charge in [-0.05, 0) is 87.8 Å². The average Bonchev–Trinajstić information content (AvgIpc) is 2.65. The first-order valence-corrected chi connectivity index (χ1v) is 11.4. The van der Waals surface area contributed by atoms with Gasteiger partial charge in [-0.25, -0.2) is 0 Å². The van der Waals surface area contributed by atoms with Crippen LogP contribution < -0.4 is 10.6 Å². The molecule has 2 atom stereocenters. The number of thiocarbonyl (C=S) groups is 1. The molecule has 0 spiro atoms. The van der Waals surface area contributed by atoms with E-state index < -0.39 is 0 Å². The molecule has 4 rings (SSSR count). The van der Waals surface area contributed by atoms with Crippen LogP contribution in [0.4, 0.5) is 5.69 Å². The summed E-state index contributed by atoms with van der Waals surface area (Å²) in [7, 11) is 0. The summed E-state index contributed by atoms with van der Waals surface area (Å²) in [4.78, 5) is 2.95. The van der Waals surface area contributed by atoms with Crippen LogP contribution in [0.15, 0.2) is 18.2 Å². The molecule has 2 bridgehead atoms. The average molecular weight is 386 g/mol. The third-order valence-corrected chi connectivity index (χ3v) is 7.35. The van der Waals surface area contributed by atoms with Crippen LogP contribution in [0.3, 0.4) is 0 Å². The highest BCUT2D eigenvalue weighted by Crippen LogP contribution is 2.39. The Bertz CT molecular complexity index is 654. The molecular formula is C23H35N3S. The van der Waals surface area contributed by atoms with Gasteiger partial charge in [0.2, 0.25) is 0 Å². The zero-order valence-electron chi connectivity index (χ0n) is 17.0. The van der Waals surface area contributed by atoms with Gasteiger partial charge in [0, 0.05) is 29.9 Å². The topological polar surface area (TPSA) is 27.3 Å². The van der Waals surface area contributed by atoms with Crippen molar-refractivity contribution in [3.05, 3.63) is 29.3 Å². The first-order valence-electron chi connectivity index (χ1n) is 11.0. The maximum Gasteiger partial charge on any atom is 0.170 e. The van der Waals surface area contributed by atoms with Gasteiger partial charge in [-0.3, -0.25) is 4.90 Å². The number of nitrogens with zero attached hydrogens (tertiary/aromatic N) is 1. The summed E-state index contributed by atoms with van der Waals surface area (Å²) in [5.74, 6) is 0. The molecule has 1 aromatic carbocycles. The van der Waals surface area contributed by atoms with E-state index in [1.54, 1.807) is 0 Å². The summed E-state index contributed by atoms with van der Waals surface area (Å²) in [6.45, 7) is 4.30. The number of rotatable bonds is 3. The van der Waals surface area contributed by atoms with Gasteiger partial charge in [-0.2, -0.15) is 0 Å². The molecule has 0 aromatic heterocycles. The second kappa shape index (κ2) is 8.48. The van der Waals surface area contributed by atoms with E-state index in [0.717, 1.165) is 28.9 Å². The first kappa shape index (κ1) is 19.2. The highest BCUT2D eigenvalue weighted by molar-refractivity contribution is 7.80. The van der Waals surface area contributed by atoms with Crippen molar-refractivity contribution < 1.29 is 0 Å². The van der Waals surface area contributed by atoms with Crippen molar-refractivity contribution in [2.24, 2.45) is 0 Å². The predicted molar refractivity (Wildman–Crippen MR) is 118 cm³/mol. The molecule has 0 amide bonds. The molecule has 2 heterocycles. The normalized spacial score (nSPS) is 29.3. The lowest BCUT2D eigenvalue weighted by Gasteiger charge is -2.53. The number of benzene rings is 1. The number of hydrogen-bond donors (Lipinski definition) is 2. The van der Waals surface area contributed by atoms with Gasteiger partial charge in [0.1, 0.15) is 0 Å². The highest BCUT2D eigenvalue weighted by Gasteiger charge is 2.41. The van der Waals surface area contributed by atoms with E-state index in [1.165, 1.54) is 75.3 Å². The van der Waals surface area contributed by atoms with E-state index in [-0.39, 0.29) is 0 Å². The fourth-order valence-corrected chi connectivity index (χ4v) is 5.97. The largest absolute Gasteiger partial charge is 0.360 e. The quantitative estimate of drug-likeness (QED) is 0.690. The monoisotopic (exact) mass is 385 g/mol. The van der Waals surface area contributed by atoms with Gasteiger partial charge >= 0.3 is 0 Å². The second-order valence-electron chi connectivity index (χ2n) is 9.04. The summed E-state index contributed by atoms with van der Waals surface area (Å²) in [6, 6.07) is 9.38. The Morgan fingerprint density at radius 2 is 1.56 bits per heavy atom. The summed E-state index contributed by atoms with van der Waals surface area (Å²) in [5.41, 5.74) is 3.72. The van der Waals surface area contributed by atoms with Crippen LogP contribution in [0.5, 0.6) is 0 Å². The zero-order chi connectivity index (χ0) is 18.8. The lowest BCUT2D eigenvalue weighted by atomic mass is 9.78. The van der Waals surface area contributed by atoms with Crippen LogP contribution in [-0.2, 0) is 0 Å². The Morgan fingerprint density at radius 3 is 2.22 bits per heavy atom. The van der Waals surface area contributed by atoms with Gasteiger partial charge in [0.15, 0.2) is 5.11 Å². The SMILES string of the molecule is Cc1ccc(NC(=S)NC2CC3CCCC(C2)N3C2CCCCC2)cc1C. The molecule has 2 N–H and O–H groups in total. The summed E-state index contributed by atoms with van der Waals surface area (Å²) >= 11 is 5.64. The lowest BCUT2D eigenvalue weighted by molar-refractivity contribution is -0.0195. The number of hydrogen-bond acceptors (Lipinski definition) is 2. The van der Waals surface area contributed by atoms with E-state index in [0.29, 0.717) is 6.04 Å². The third-order valence-electron chi connectivity index (χ3n) is 7.13. The summed E-state index contributed by atoms with van der Waals surface area (Å²) < 4.78 is 0. The van der Waals surface area contributed by atoms with Crippen LogP contribution in [0, 0.1) is 13.8 Å². The molecule has 27 heavy (non-hydrogen) atoms. The molecular weight excluding hydrogens is 350 g/mol. The number of anilines is 1. The standard InChI is InChI=1S/C23H35N3S/c1-16-11-12-18(13-17(16)2)24-23(27)25-19-14-21-9-6-10-22(15-19)26(21)20-7-4-3-5-8-20/h11-13,19-22H,3-10,14-15H2,1-2H3,(H2,24,25,27). The molecule has 3 nitrogen and oxygen atoms in total. The molecule has 3 aliphatic rings. The van der Waals surface area contributed by atoms with E-state index >= 15 is 0 Å². The number of fused-ring (bicyclic) bond motifs is 2. The lowest BCUT2D eigenvalue weighted by Crippen LogP contribution is -2.60. The van der Waals surface area contributed by atoms with Gasteiger partial charge in [0.05, 0.1) is 0 Å². The highest BCUT2D eigenvalue weighted by atomic mass is 32.1. The minimum Gasteiger partial charge on any atom is -0.360 e. The number of aryl methyl sites for hydroxylation is 2. The molecule has 148 valence electrons. The molecule has 2 aliphatic heterocycles. The fraction of sp³-hybridized carbons (Fsp3) is 0.696. The second-order valence-corrected chi connectivity index (χ2v) is 9.45. The van der Waals surface area contributed by atoms with Crippen molar-refractivity contribution in [3.63, 3.8) is 0 Å². The van der Waals surface area contributed by atoms with Crippen LogP contribution in [0.1, 0.15) is 75.3 Å². The van der Waals surface area contributed by atoms with Gasteiger partial charge in [-0.15, -0.1) is 0 Å². The van der Waals surface area contributed by atoms with Crippen LogP contribution in [0.2, 0.25) is 0 Å². The van der Waals surface area contributed by atoms with Crippen molar-refractivity contribution in [2.75, 3.05) is 5.32 Å². The van der Waals surface area contributed by atoms with Crippen LogP contribution >= 0.6 is 12.2 Å². The molecule has 2 saturated heterocycles. The molecule has 2 unspecified atom stereocenters. The van der Waals surface area contributed by atoms with E-state index in [1.807, 2.05) is 0 Å². The fourth-order valence-electron chi connectivity index (χ4n) is 5.68. The Kier molecular flexibility index (Phi) is 6.03. The molecule has 4 heteroatoms. The summed E-state index contributed by atoms with van der Waals surface area (Å²) in [5, 5.41) is 7.84. The minimum absolute atomic E-state index is 0.520. The minimum atomic E-state index is 0.520. The molecule has 1 aliphatic carbocycles. The van der Waals surface area contributed by atoms with Crippen molar-refractivity contribution in [1.82, 2.24) is 10.2 Å². The van der Waals surface area contributed by atoms with E-state index in [2.05, 4.69) is 47.6 Å². The zero-order valence-corrected chi connectivity index (χ0v) is 17.8. The Labute approximate surface area is 170 Å². The summed E-state index contributed by atoms with van der Waals surface area (Å²) in [6.07, 6.45) is 13.8. The Morgan fingerprint density at radius 1 is 0.889 bits per heavy atom. The number of nitrogens with one attached hydrogen (secondary N) is 2. The smallest absolute Gasteiger partial charge is 0.170 e. The van der Waals surface area contributed by atoms with Gasteiger partial charge in [-0.1, -0.05) is 31.7 Å². The Hall–Kier alpha value is -1.13. The van der Waals surface area contributed by atoms with Crippen LogP contribution in [0.25, 0.3) is 0 Å². The van der Waals surface area contributed by atoms with Crippen molar-refractivity contribution in [2.45, 2.75) is 102 Å². The van der Waals surface area contributed by atoms with Gasteiger partial charge < -0.3 is 10.6 Å². The van der Waals surface area contributed by atoms with E-state index in [4.69, 9.17) is 12.2 Å². The van der Waals surface area contributed by atoms with Crippen molar-refractivity contribution in [1.29, 1.82) is 0 Å². The molecule has 1 aromatic rings. The molecule has 3 fully saturated rings. The predicted octanol–water partition coefficient (Wildman–Crippen LogP) is 5.31. The van der Waals surface area contributed by atoms with Gasteiger partial charge in [0.25, 0.3) is 0 Å². The van der Waals surface area contributed by atoms with Crippen molar-refractivity contribution >= 4 is 23.0 Å². The maximum absolute atomic E-state index is 5.64.